The second-order valence-electron chi connectivity index (χ2n) is 7.17. The highest BCUT2D eigenvalue weighted by atomic mass is 16.5. The molecule has 0 radical (unpaired) electrons. The molecule has 0 aromatic heterocycles. The van der Waals surface area contributed by atoms with Crippen molar-refractivity contribution in [3.8, 4) is 5.75 Å². The van der Waals surface area contributed by atoms with E-state index in [-0.39, 0.29) is 11.9 Å². The van der Waals surface area contributed by atoms with Gasteiger partial charge in [-0.05, 0) is 74.9 Å². The fourth-order valence-electron chi connectivity index (χ4n) is 3.37. The SMILES string of the molecule is CC[C@@H](Oc1cc(C)cc(C)c1)C(=O)N[C@H](CC)c1ccc(C)cc1C. The number of hydrogen-bond donors (Lipinski definition) is 1. The van der Waals surface area contributed by atoms with E-state index in [9.17, 15) is 4.79 Å². The lowest BCUT2D eigenvalue weighted by Crippen LogP contribution is -2.40. The number of rotatable bonds is 7. The molecule has 3 heteroatoms. The molecular weight excluding hydrogens is 322 g/mol. The number of aryl methyl sites for hydroxylation is 4. The monoisotopic (exact) mass is 353 g/mol. The average molecular weight is 354 g/mol. The van der Waals surface area contributed by atoms with E-state index in [4.69, 9.17) is 4.74 Å². The van der Waals surface area contributed by atoms with Crippen molar-refractivity contribution in [3.05, 3.63) is 64.2 Å². The Bertz CT molecular complexity index is 747. The van der Waals surface area contributed by atoms with Crippen LogP contribution in [0.1, 0.15) is 60.5 Å². The van der Waals surface area contributed by atoms with Crippen LogP contribution in [0, 0.1) is 27.7 Å². The maximum absolute atomic E-state index is 12.8. The minimum Gasteiger partial charge on any atom is -0.481 e. The highest BCUT2D eigenvalue weighted by Crippen LogP contribution is 2.23. The van der Waals surface area contributed by atoms with Crippen LogP contribution in [0.15, 0.2) is 36.4 Å². The summed E-state index contributed by atoms with van der Waals surface area (Å²) in [6.07, 6.45) is 0.980. The van der Waals surface area contributed by atoms with Gasteiger partial charge in [0.15, 0.2) is 6.10 Å². The Morgan fingerprint density at radius 1 is 0.923 bits per heavy atom. The Morgan fingerprint density at radius 3 is 2.12 bits per heavy atom. The summed E-state index contributed by atoms with van der Waals surface area (Å²) in [6, 6.07) is 12.4. The molecule has 140 valence electrons. The highest BCUT2D eigenvalue weighted by molar-refractivity contribution is 5.81. The molecule has 0 bridgehead atoms. The predicted octanol–water partition coefficient (Wildman–Crippen LogP) is 5.35. The van der Waals surface area contributed by atoms with Gasteiger partial charge in [-0.1, -0.05) is 43.7 Å². The number of amides is 1. The van der Waals surface area contributed by atoms with Crippen LogP contribution in [0.25, 0.3) is 0 Å². The molecule has 26 heavy (non-hydrogen) atoms. The van der Waals surface area contributed by atoms with Crippen molar-refractivity contribution in [1.82, 2.24) is 5.32 Å². The van der Waals surface area contributed by atoms with Crippen molar-refractivity contribution in [2.24, 2.45) is 0 Å². The molecule has 0 aliphatic rings. The van der Waals surface area contributed by atoms with E-state index in [1.807, 2.05) is 32.9 Å². The first-order valence-corrected chi connectivity index (χ1v) is 9.46. The Morgan fingerprint density at radius 2 is 1.58 bits per heavy atom. The van der Waals surface area contributed by atoms with Gasteiger partial charge in [-0.3, -0.25) is 4.79 Å². The van der Waals surface area contributed by atoms with Gasteiger partial charge in [0.25, 0.3) is 5.91 Å². The summed E-state index contributed by atoms with van der Waals surface area (Å²) in [7, 11) is 0. The smallest absolute Gasteiger partial charge is 0.261 e. The first-order chi connectivity index (χ1) is 12.3. The second kappa shape index (κ2) is 8.88. The quantitative estimate of drug-likeness (QED) is 0.729. The molecule has 0 aliphatic carbocycles. The Hall–Kier alpha value is -2.29. The normalized spacial score (nSPS) is 13.2. The molecule has 1 N–H and O–H groups in total. The van der Waals surface area contributed by atoms with E-state index >= 15 is 0 Å². The van der Waals surface area contributed by atoms with Crippen molar-refractivity contribution < 1.29 is 9.53 Å². The molecule has 0 saturated heterocycles. The number of hydrogen-bond acceptors (Lipinski definition) is 2. The average Bonchev–Trinajstić information content (AvgIpc) is 2.57. The standard InChI is InChI=1S/C23H31NO2/c1-7-21(20-10-9-15(3)12-18(20)6)24-23(25)22(8-2)26-19-13-16(4)11-17(5)14-19/h9-14,21-22H,7-8H2,1-6H3,(H,24,25)/t21-,22-/m1/s1. The fourth-order valence-corrected chi connectivity index (χ4v) is 3.37. The summed E-state index contributed by atoms with van der Waals surface area (Å²) in [5.74, 6) is 0.697. The van der Waals surface area contributed by atoms with Crippen LogP contribution in [0.2, 0.25) is 0 Å². The van der Waals surface area contributed by atoms with Crippen LogP contribution in [0.4, 0.5) is 0 Å². The van der Waals surface area contributed by atoms with Gasteiger partial charge in [0, 0.05) is 0 Å². The van der Waals surface area contributed by atoms with Crippen molar-refractivity contribution in [2.45, 2.75) is 66.5 Å². The number of benzene rings is 2. The van der Waals surface area contributed by atoms with Gasteiger partial charge >= 0.3 is 0 Å². The summed E-state index contributed by atoms with van der Waals surface area (Å²) < 4.78 is 6.01. The molecule has 2 rings (SSSR count). The molecule has 0 unspecified atom stereocenters. The largest absolute Gasteiger partial charge is 0.481 e. The van der Waals surface area contributed by atoms with Crippen LogP contribution in [-0.2, 0) is 4.79 Å². The molecule has 2 aromatic rings. The lowest BCUT2D eigenvalue weighted by Gasteiger charge is -2.24. The van der Waals surface area contributed by atoms with E-state index in [2.05, 4.69) is 50.4 Å². The topological polar surface area (TPSA) is 38.3 Å². The van der Waals surface area contributed by atoms with Gasteiger partial charge in [0.05, 0.1) is 6.04 Å². The molecule has 0 saturated carbocycles. The van der Waals surface area contributed by atoms with Gasteiger partial charge in [0.1, 0.15) is 5.75 Å². The summed E-state index contributed by atoms with van der Waals surface area (Å²) in [5, 5.41) is 3.18. The molecule has 0 spiro atoms. The van der Waals surface area contributed by atoms with Gasteiger partial charge in [0.2, 0.25) is 0 Å². The summed E-state index contributed by atoms with van der Waals surface area (Å²) in [5.41, 5.74) is 5.89. The van der Waals surface area contributed by atoms with Crippen LogP contribution in [-0.4, -0.2) is 12.0 Å². The number of carbonyl (C=O) groups is 1. The van der Waals surface area contributed by atoms with E-state index < -0.39 is 6.10 Å². The maximum Gasteiger partial charge on any atom is 0.261 e. The maximum atomic E-state index is 12.8. The zero-order chi connectivity index (χ0) is 19.3. The summed E-state index contributed by atoms with van der Waals surface area (Å²) in [6.45, 7) is 12.3. The van der Waals surface area contributed by atoms with Crippen LogP contribution in [0.5, 0.6) is 5.75 Å². The molecule has 0 heterocycles. The van der Waals surface area contributed by atoms with Crippen LogP contribution < -0.4 is 10.1 Å². The van der Waals surface area contributed by atoms with E-state index in [0.29, 0.717) is 6.42 Å². The van der Waals surface area contributed by atoms with Gasteiger partial charge in [-0.25, -0.2) is 0 Å². The summed E-state index contributed by atoms with van der Waals surface area (Å²) in [4.78, 5) is 12.8. The molecule has 1 amide bonds. The van der Waals surface area contributed by atoms with Gasteiger partial charge < -0.3 is 10.1 Å². The van der Waals surface area contributed by atoms with Crippen molar-refractivity contribution in [3.63, 3.8) is 0 Å². The second-order valence-corrected chi connectivity index (χ2v) is 7.17. The van der Waals surface area contributed by atoms with Gasteiger partial charge in [-0.15, -0.1) is 0 Å². The van der Waals surface area contributed by atoms with E-state index in [1.54, 1.807) is 0 Å². The van der Waals surface area contributed by atoms with Crippen molar-refractivity contribution >= 4 is 5.91 Å². The number of ether oxygens (including phenoxy) is 1. The Balaban J connectivity index is 2.13. The lowest BCUT2D eigenvalue weighted by atomic mass is 9.97. The third-order valence-corrected chi connectivity index (χ3v) is 4.66. The molecule has 2 aromatic carbocycles. The first-order valence-electron chi connectivity index (χ1n) is 9.46. The molecular formula is C23H31NO2. The van der Waals surface area contributed by atoms with Crippen LogP contribution in [0.3, 0.4) is 0 Å². The van der Waals surface area contributed by atoms with Crippen LogP contribution >= 0.6 is 0 Å². The third-order valence-electron chi connectivity index (χ3n) is 4.66. The predicted molar refractivity (Wildman–Crippen MR) is 108 cm³/mol. The Kier molecular flexibility index (Phi) is 6.84. The Labute approximate surface area is 157 Å². The third kappa shape index (κ3) is 5.10. The molecule has 2 atom stereocenters. The van der Waals surface area contributed by atoms with Crippen molar-refractivity contribution in [2.75, 3.05) is 0 Å². The van der Waals surface area contributed by atoms with Gasteiger partial charge in [-0.2, -0.15) is 0 Å². The number of carbonyl (C=O) groups excluding carboxylic acids is 1. The minimum absolute atomic E-state index is 0.00000409. The summed E-state index contributed by atoms with van der Waals surface area (Å²) >= 11 is 0. The zero-order valence-corrected chi connectivity index (χ0v) is 16.8. The molecule has 0 fully saturated rings. The fraction of sp³-hybridized carbons (Fsp3) is 0.435. The minimum atomic E-state index is -0.490. The molecule has 0 aliphatic heterocycles. The highest BCUT2D eigenvalue weighted by Gasteiger charge is 2.22. The lowest BCUT2D eigenvalue weighted by molar-refractivity contribution is -0.128. The first kappa shape index (κ1) is 20.0. The van der Waals surface area contributed by atoms with E-state index in [0.717, 1.165) is 23.3 Å². The zero-order valence-electron chi connectivity index (χ0n) is 16.8. The number of nitrogens with one attached hydrogen (secondary N) is 1. The van der Waals surface area contributed by atoms with E-state index in [1.165, 1.54) is 16.7 Å². The molecule has 3 nitrogen and oxygen atoms in total. The van der Waals surface area contributed by atoms with Crippen molar-refractivity contribution in [1.29, 1.82) is 0 Å².